The molecule has 0 spiro atoms. The number of hydrogen-bond donors (Lipinski definition) is 2. The number of halogens is 1. The van der Waals surface area contributed by atoms with Gasteiger partial charge in [-0.3, -0.25) is 0 Å². The average molecular weight is 406 g/mol. The first-order valence-electron chi connectivity index (χ1n) is 10.2. The van der Waals surface area contributed by atoms with Crippen molar-refractivity contribution in [1.29, 1.82) is 0 Å². The van der Waals surface area contributed by atoms with Gasteiger partial charge in [-0.15, -0.1) is 10.2 Å². The molecular weight excluding hydrogens is 383 g/mol. The molecule has 0 saturated carbocycles. The Hall–Kier alpha value is -3.13. The maximum atomic E-state index is 15.1. The highest BCUT2D eigenvalue weighted by atomic mass is 19.1. The van der Waals surface area contributed by atoms with Crippen LogP contribution in [0.3, 0.4) is 0 Å². The van der Waals surface area contributed by atoms with Crippen molar-refractivity contribution in [3.05, 3.63) is 54.4 Å². The SMILES string of the molecule is C[C@]12CCCC(C/C(=C\c3cnc(-c4ccc(-n5ccnc5)cc4O)nn3)[C@@H]1F)N2. The van der Waals surface area contributed by atoms with Crippen LogP contribution in [-0.4, -0.2) is 47.6 Å². The molecule has 0 aliphatic carbocycles. The van der Waals surface area contributed by atoms with Gasteiger partial charge in [-0.05, 0) is 56.4 Å². The van der Waals surface area contributed by atoms with E-state index in [0.717, 1.165) is 30.5 Å². The number of imidazole rings is 1. The molecule has 2 aliphatic heterocycles. The first-order valence-corrected chi connectivity index (χ1v) is 10.2. The summed E-state index contributed by atoms with van der Waals surface area (Å²) in [6.07, 6.45) is 11.1. The van der Waals surface area contributed by atoms with Crippen molar-refractivity contribution >= 4 is 6.08 Å². The minimum absolute atomic E-state index is 0.0528. The summed E-state index contributed by atoms with van der Waals surface area (Å²) < 4.78 is 16.9. The quantitative estimate of drug-likeness (QED) is 0.693. The minimum atomic E-state index is -1.05. The molecule has 4 heterocycles. The summed E-state index contributed by atoms with van der Waals surface area (Å²) in [6, 6.07) is 5.52. The zero-order valence-corrected chi connectivity index (χ0v) is 16.7. The number of benzene rings is 1. The second-order valence-electron chi connectivity index (χ2n) is 8.31. The molecule has 2 aromatic heterocycles. The number of aromatic hydroxyl groups is 1. The van der Waals surface area contributed by atoms with Crippen LogP contribution in [0.15, 0.2) is 48.7 Å². The fourth-order valence-corrected chi connectivity index (χ4v) is 4.55. The normalized spacial score (nSPS) is 27.3. The van der Waals surface area contributed by atoms with Crippen molar-refractivity contribution in [2.75, 3.05) is 0 Å². The van der Waals surface area contributed by atoms with Crippen molar-refractivity contribution in [3.8, 4) is 22.8 Å². The highest BCUT2D eigenvalue weighted by Gasteiger charge is 2.45. The van der Waals surface area contributed by atoms with Gasteiger partial charge in [0.15, 0.2) is 5.82 Å². The number of nitrogens with one attached hydrogen (secondary N) is 1. The Morgan fingerprint density at radius 2 is 2.23 bits per heavy atom. The van der Waals surface area contributed by atoms with Gasteiger partial charge in [0.25, 0.3) is 0 Å². The second kappa shape index (κ2) is 7.28. The monoisotopic (exact) mass is 406 g/mol. The molecule has 0 radical (unpaired) electrons. The highest BCUT2D eigenvalue weighted by molar-refractivity contribution is 5.66. The highest BCUT2D eigenvalue weighted by Crippen LogP contribution is 2.39. The van der Waals surface area contributed by atoms with Gasteiger partial charge in [0.2, 0.25) is 0 Å². The number of fused-ring (bicyclic) bond motifs is 2. The van der Waals surface area contributed by atoms with E-state index < -0.39 is 11.7 Å². The van der Waals surface area contributed by atoms with Gasteiger partial charge >= 0.3 is 0 Å². The Morgan fingerprint density at radius 1 is 1.33 bits per heavy atom. The van der Waals surface area contributed by atoms with Crippen LogP contribution in [0.25, 0.3) is 23.2 Å². The Kier molecular flexibility index (Phi) is 4.58. The van der Waals surface area contributed by atoms with Crippen LogP contribution in [0.5, 0.6) is 5.75 Å². The van der Waals surface area contributed by atoms with Gasteiger partial charge in [0, 0.05) is 24.5 Å². The fraction of sp³-hybridized carbons (Fsp3) is 0.364. The molecule has 1 aromatic carbocycles. The lowest BCUT2D eigenvalue weighted by Crippen LogP contribution is -2.61. The van der Waals surface area contributed by atoms with E-state index in [4.69, 9.17) is 0 Å². The topological polar surface area (TPSA) is 88.8 Å². The summed E-state index contributed by atoms with van der Waals surface area (Å²) in [5.74, 6) is 0.370. The van der Waals surface area contributed by atoms with Gasteiger partial charge in [0.1, 0.15) is 17.6 Å². The van der Waals surface area contributed by atoms with Crippen LogP contribution in [0.1, 0.15) is 38.3 Å². The molecule has 2 saturated heterocycles. The Balaban J connectivity index is 1.39. The number of phenols is 1. The van der Waals surface area contributed by atoms with Crippen LogP contribution in [0, 0.1) is 0 Å². The molecule has 5 rings (SSSR count). The van der Waals surface area contributed by atoms with E-state index in [0.29, 0.717) is 29.5 Å². The molecule has 0 amide bonds. The third-order valence-corrected chi connectivity index (χ3v) is 6.09. The number of nitrogens with zero attached hydrogens (tertiary/aromatic N) is 5. The van der Waals surface area contributed by atoms with E-state index >= 15 is 4.39 Å². The molecule has 154 valence electrons. The van der Waals surface area contributed by atoms with E-state index in [1.165, 1.54) is 0 Å². The molecule has 2 bridgehead atoms. The molecule has 2 aliphatic rings. The predicted octanol–water partition coefficient (Wildman–Crippen LogP) is 3.46. The van der Waals surface area contributed by atoms with Crippen LogP contribution in [0.4, 0.5) is 4.39 Å². The molecular formula is C22H23FN6O. The Labute approximate surface area is 173 Å². The summed E-state index contributed by atoms with van der Waals surface area (Å²) in [7, 11) is 0. The van der Waals surface area contributed by atoms with Gasteiger partial charge in [-0.2, -0.15) is 0 Å². The molecule has 30 heavy (non-hydrogen) atoms. The smallest absolute Gasteiger partial charge is 0.185 e. The van der Waals surface area contributed by atoms with Crippen LogP contribution in [0.2, 0.25) is 0 Å². The number of alkyl halides is 1. The van der Waals surface area contributed by atoms with Gasteiger partial charge < -0.3 is 15.0 Å². The summed E-state index contributed by atoms with van der Waals surface area (Å²) in [5.41, 5.74) is 2.03. The van der Waals surface area contributed by atoms with Crippen LogP contribution >= 0.6 is 0 Å². The molecule has 3 atom stereocenters. The van der Waals surface area contributed by atoms with E-state index in [2.05, 4.69) is 25.5 Å². The lowest BCUT2D eigenvalue weighted by Gasteiger charge is -2.47. The largest absolute Gasteiger partial charge is 0.507 e. The number of aromatic nitrogens is 5. The number of phenolic OH excluding ortho intramolecular Hbond substituents is 1. The first kappa shape index (κ1) is 18.9. The van der Waals surface area contributed by atoms with E-state index in [1.807, 2.05) is 13.0 Å². The third-order valence-electron chi connectivity index (χ3n) is 6.09. The van der Waals surface area contributed by atoms with Crippen LogP contribution in [-0.2, 0) is 0 Å². The average Bonchev–Trinajstić information content (AvgIpc) is 3.28. The van der Waals surface area contributed by atoms with Crippen LogP contribution < -0.4 is 5.32 Å². The number of piperidine rings is 2. The third kappa shape index (κ3) is 3.37. The number of hydrogen-bond acceptors (Lipinski definition) is 6. The molecule has 8 heteroatoms. The fourth-order valence-electron chi connectivity index (χ4n) is 4.55. The number of rotatable bonds is 3. The Morgan fingerprint density at radius 3 is 2.97 bits per heavy atom. The summed E-state index contributed by atoms with van der Waals surface area (Å²) in [4.78, 5) is 8.35. The van der Waals surface area contributed by atoms with E-state index in [9.17, 15) is 5.11 Å². The summed E-state index contributed by atoms with van der Waals surface area (Å²) in [6.45, 7) is 1.96. The van der Waals surface area contributed by atoms with Crippen molar-refractivity contribution < 1.29 is 9.50 Å². The zero-order valence-electron chi connectivity index (χ0n) is 16.7. The van der Waals surface area contributed by atoms with E-state index in [1.54, 1.807) is 47.7 Å². The molecule has 2 fully saturated rings. The Bertz CT molecular complexity index is 1080. The van der Waals surface area contributed by atoms with Crippen molar-refractivity contribution in [3.63, 3.8) is 0 Å². The maximum absolute atomic E-state index is 15.1. The molecule has 2 N–H and O–H groups in total. The lowest BCUT2D eigenvalue weighted by atomic mass is 9.74. The molecule has 7 nitrogen and oxygen atoms in total. The standard InChI is InChI=1S/C22H23FN6O/c1-22-6-2-3-15(26-22)9-14(20(22)23)10-16-12-25-21(28-27-16)18-5-4-17(11-19(18)30)29-8-7-24-13-29/h4-5,7-8,10-13,15,20,26,30H,2-3,6,9H2,1H3/b14-10+/t15?,20-,22-/m0/s1. The van der Waals surface area contributed by atoms with Gasteiger partial charge in [0.05, 0.1) is 29.3 Å². The van der Waals surface area contributed by atoms with Gasteiger partial charge in [-0.1, -0.05) is 0 Å². The van der Waals surface area contributed by atoms with Crippen molar-refractivity contribution in [2.24, 2.45) is 0 Å². The summed E-state index contributed by atoms with van der Waals surface area (Å²) >= 11 is 0. The van der Waals surface area contributed by atoms with E-state index in [-0.39, 0.29) is 5.75 Å². The van der Waals surface area contributed by atoms with Crippen molar-refractivity contribution in [2.45, 2.75) is 50.4 Å². The lowest BCUT2D eigenvalue weighted by molar-refractivity contribution is 0.0993. The van der Waals surface area contributed by atoms with Gasteiger partial charge in [-0.25, -0.2) is 14.4 Å². The summed E-state index contributed by atoms with van der Waals surface area (Å²) in [5, 5.41) is 22.2. The zero-order chi connectivity index (χ0) is 20.7. The molecule has 1 unspecified atom stereocenters. The molecule has 3 aromatic rings. The predicted molar refractivity (Wildman–Crippen MR) is 111 cm³/mol. The maximum Gasteiger partial charge on any atom is 0.185 e. The second-order valence-corrected chi connectivity index (χ2v) is 8.31. The first-order chi connectivity index (χ1) is 14.5. The van der Waals surface area contributed by atoms with Crippen molar-refractivity contribution in [1.82, 2.24) is 30.0 Å². The minimum Gasteiger partial charge on any atom is -0.507 e.